The summed E-state index contributed by atoms with van der Waals surface area (Å²) in [5.74, 6) is 0.604. The molecule has 0 saturated heterocycles. The molecule has 0 N–H and O–H groups in total. The zero-order valence-corrected chi connectivity index (χ0v) is 20.4. The second-order valence-corrected chi connectivity index (χ2v) is 8.68. The van der Waals surface area contributed by atoms with E-state index in [-0.39, 0.29) is 11.9 Å². The van der Waals surface area contributed by atoms with Crippen LogP contribution in [0.15, 0.2) is 0 Å². The quantitative estimate of drug-likeness (QED) is 0.131. The van der Waals surface area contributed by atoms with Crippen LogP contribution in [0.4, 0.5) is 0 Å². The summed E-state index contributed by atoms with van der Waals surface area (Å²) in [5, 5.41) is 0. The highest BCUT2D eigenvalue weighted by molar-refractivity contribution is 5.69. The van der Waals surface area contributed by atoms with E-state index in [9.17, 15) is 9.59 Å². The number of ether oxygens (including phenoxy) is 2. The van der Waals surface area contributed by atoms with Gasteiger partial charge in [0.05, 0.1) is 13.2 Å². The van der Waals surface area contributed by atoms with Crippen LogP contribution in [0, 0.1) is 5.92 Å². The van der Waals surface area contributed by atoms with Gasteiger partial charge in [-0.2, -0.15) is 0 Å². The predicted molar refractivity (Wildman–Crippen MR) is 126 cm³/mol. The van der Waals surface area contributed by atoms with E-state index in [4.69, 9.17) is 9.47 Å². The molecule has 1 atom stereocenters. The summed E-state index contributed by atoms with van der Waals surface area (Å²) in [6.07, 6.45) is 19.4. The van der Waals surface area contributed by atoms with Gasteiger partial charge in [-0.3, -0.25) is 9.59 Å². The number of carbonyl (C=O) groups is 2. The molecular weight excluding hydrogens is 376 g/mol. The zero-order valence-electron chi connectivity index (χ0n) is 20.4. The minimum absolute atomic E-state index is 0.0191. The molecule has 1 unspecified atom stereocenters. The molecule has 0 aliphatic heterocycles. The first-order valence-electron chi connectivity index (χ1n) is 12.9. The van der Waals surface area contributed by atoms with Gasteiger partial charge in [0, 0.05) is 12.8 Å². The lowest BCUT2D eigenvalue weighted by atomic mass is 9.93. The van der Waals surface area contributed by atoms with Crippen LogP contribution in [-0.2, 0) is 19.1 Å². The van der Waals surface area contributed by atoms with Crippen LogP contribution < -0.4 is 0 Å². The summed E-state index contributed by atoms with van der Waals surface area (Å²) in [5.41, 5.74) is 0. The van der Waals surface area contributed by atoms with E-state index in [0.717, 1.165) is 64.2 Å². The van der Waals surface area contributed by atoms with E-state index in [1.54, 1.807) is 0 Å². The molecule has 0 heterocycles. The molecule has 4 heteroatoms. The monoisotopic (exact) mass is 426 g/mol. The molecule has 30 heavy (non-hydrogen) atoms. The normalized spacial score (nSPS) is 12.0. The fraction of sp³-hybridized carbons (Fsp3) is 0.923. The molecule has 0 rings (SSSR count). The number of rotatable bonds is 22. The molecule has 0 amide bonds. The molecule has 0 aliphatic rings. The minimum Gasteiger partial charge on any atom is -0.466 e. The topological polar surface area (TPSA) is 52.6 Å². The molecule has 0 bridgehead atoms. The summed E-state index contributed by atoms with van der Waals surface area (Å²) in [6.45, 7) is 7.71. The van der Waals surface area contributed by atoms with Crippen LogP contribution >= 0.6 is 0 Å². The van der Waals surface area contributed by atoms with Crippen molar-refractivity contribution in [3.05, 3.63) is 0 Å². The molecule has 178 valence electrons. The van der Waals surface area contributed by atoms with Crippen molar-refractivity contribution in [1.82, 2.24) is 0 Å². The molecule has 0 aromatic rings. The van der Waals surface area contributed by atoms with Crippen molar-refractivity contribution >= 4 is 11.9 Å². The fourth-order valence-corrected chi connectivity index (χ4v) is 3.68. The highest BCUT2D eigenvalue weighted by Gasteiger charge is 2.10. The minimum atomic E-state index is -0.0263. The molecule has 0 saturated carbocycles. The van der Waals surface area contributed by atoms with Gasteiger partial charge in [0.1, 0.15) is 0 Å². The molecule has 4 nitrogen and oxygen atoms in total. The van der Waals surface area contributed by atoms with Crippen molar-refractivity contribution in [2.45, 2.75) is 136 Å². The number of hydrogen-bond donors (Lipinski definition) is 0. The van der Waals surface area contributed by atoms with E-state index >= 15 is 0 Å². The SMILES string of the molecule is CCCCCOC(=O)CCCCCCCCCC(CC)CCC(=O)OCCCCC. The Morgan fingerprint density at radius 3 is 1.60 bits per heavy atom. The van der Waals surface area contributed by atoms with E-state index < -0.39 is 0 Å². The molecule has 0 aromatic carbocycles. The Labute approximate surface area is 186 Å². The smallest absolute Gasteiger partial charge is 0.305 e. The molecule has 0 spiro atoms. The lowest BCUT2D eigenvalue weighted by molar-refractivity contribution is -0.145. The average molecular weight is 427 g/mol. The van der Waals surface area contributed by atoms with Crippen LogP contribution in [0.25, 0.3) is 0 Å². The maximum atomic E-state index is 11.8. The van der Waals surface area contributed by atoms with E-state index in [1.807, 2.05) is 0 Å². The van der Waals surface area contributed by atoms with Gasteiger partial charge in [0.25, 0.3) is 0 Å². The lowest BCUT2D eigenvalue weighted by Crippen LogP contribution is -2.09. The van der Waals surface area contributed by atoms with Crippen molar-refractivity contribution in [2.24, 2.45) is 5.92 Å². The molecular formula is C26H50O4. The first kappa shape index (κ1) is 28.9. The van der Waals surface area contributed by atoms with Crippen molar-refractivity contribution < 1.29 is 19.1 Å². The average Bonchev–Trinajstić information content (AvgIpc) is 2.75. The van der Waals surface area contributed by atoms with Crippen LogP contribution in [-0.4, -0.2) is 25.2 Å². The standard InChI is InChI=1S/C26H50O4/c1-4-7-16-22-29-25(27)19-15-13-11-9-10-12-14-18-24(6-3)20-21-26(28)30-23-17-8-5-2/h24H,4-23H2,1-3H3. The predicted octanol–water partition coefficient (Wildman–Crippen LogP) is 7.77. The Bertz CT molecular complexity index is 394. The first-order valence-corrected chi connectivity index (χ1v) is 12.9. The van der Waals surface area contributed by atoms with E-state index in [1.165, 1.54) is 38.5 Å². The molecule has 0 aliphatic carbocycles. The summed E-state index contributed by atoms with van der Waals surface area (Å²) >= 11 is 0. The highest BCUT2D eigenvalue weighted by Crippen LogP contribution is 2.20. The van der Waals surface area contributed by atoms with Gasteiger partial charge < -0.3 is 9.47 Å². The summed E-state index contributed by atoms with van der Waals surface area (Å²) < 4.78 is 10.5. The van der Waals surface area contributed by atoms with Crippen LogP contribution in [0.5, 0.6) is 0 Å². The number of unbranched alkanes of at least 4 members (excludes halogenated alkanes) is 10. The Hall–Kier alpha value is -1.06. The second-order valence-electron chi connectivity index (χ2n) is 8.68. The summed E-state index contributed by atoms with van der Waals surface area (Å²) in [6, 6.07) is 0. The number of hydrogen-bond acceptors (Lipinski definition) is 4. The van der Waals surface area contributed by atoms with Gasteiger partial charge in [0.15, 0.2) is 0 Å². The summed E-state index contributed by atoms with van der Waals surface area (Å²) in [4.78, 5) is 23.4. The maximum absolute atomic E-state index is 11.8. The fourth-order valence-electron chi connectivity index (χ4n) is 3.68. The third kappa shape index (κ3) is 20.2. The van der Waals surface area contributed by atoms with Crippen molar-refractivity contribution in [1.29, 1.82) is 0 Å². The van der Waals surface area contributed by atoms with Crippen LogP contribution in [0.1, 0.15) is 136 Å². The van der Waals surface area contributed by atoms with E-state index in [0.29, 0.717) is 32.0 Å². The van der Waals surface area contributed by atoms with Crippen LogP contribution in [0.2, 0.25) is 0 Å². The van der Waals surface area contributed by atoms with Crippen molar-refractivity contribution in [3.8, 4) is 0 Å². The Kier molecular flexibility index (Phi) is 21.8. The van der Waals surface area contributed by atoms with Gasteiger partial charge in [-0.15, -0.1) is 0 Å². The third-order valence-electron chi connectivity index (χ3n) is 5.85. The molecule has 0 radical (unpaired) electrons. The molecule has 0 aromatic heterocycles. The Morgan fingerprint density at radius 2 is 1.07 bits per heavy atom. The second kappa shape index (κ2) is 22.6. The van der Waals surface area contributed by atoms with Gasteiger partial charge in [-0.25, -0.2) is 0 Å². The molecule has 0 fully saturated rings. The Balaban J connectivity index is 3.48. The zero-order chi connectivity index (χ0) is 22.3. The van der Waals surface area contributed by atoms with Crippen LogP contribution in [0.3, 0.4) is 0 Å². The van der Waals surface area contributed by atoms with Gasteiger partial charge >= 0.3 is 11.9 Å². The van der Waals surface area contributed by atoms with Gasteiger partial charge in [0.2, 0.25) is 0 Å². The highest BCUT2D eigenvalue weighted by atomic mass is 16.5. The first-order chi connectivity index (χ1) is 14.6. The van der Waals surface area contributed by atoms with E-state index in [2.05, 4.69) is 20.8 Å². The lowest BCUT2D eigenvalue weighted by Gasteiger charge is -2.14. The van der Waals surface area contributed by atoms with Gasteiger partial charge in [-0.05, 0) is 31.6 Å². The Morgan fingerprint density at radius 1 is 0.567 bits per heavy atom. The van der Waals surface area contributed by atoms with Gasteiger partial charge in [-0.1, -0.05) is 97.8 Å². The number of carbonyl (C=O) groups excluding carboxylic acids is 2. The van der Waals surface area contributed by atoms with Crippen molar-refractivity contribution in [3.63, 3.8) is 0 Å². The largest absolute Gasteiger partial charge is 0.466 e. The maximum Gasteiger partial charge on any atom is 0.305 e. The van der Waals surface area contributed by atoms with Crippen molar-refractivity contribution in [2.75, 3.05) is 13.2 Å². The third-order valence-corrected chi connectivity index (χ3v) is 5.85. The summed E-state index contributed by atoms with van der Waals surface area (Å²) in [7, 11) is 0. The number of esters is 2.